The van der Waals surface area contributed by atoms with Gasteiger partial charge in [-0.3, -0.25) is 0 Å². The molecule has 0 N–H and O–H groups in total. The second kappa shape index (κ2) is 10.4. The van der Waals surface area contributed by atoms with Gasteiger partial charge in [0.25, 0.3) is 0 Å². The topological polar surface area (TPSA) is 17.8 Å². The lowest BCUT2D eigenvalue weighted by atomic mass is 9.63. The van der Waals surface area contributed by atoms with Gasteiger partial charge in [0.2, 0.25) is 0 Å². The van der Waals surface area contributed by atoms with E-state index in [9.17, 15) is 0 Å². The molecule has 0 aliphatic carbocycles. The van der Waals surface area contributed by atoms with Crippen molar-refractivity contribution in [2.24, 2.45) is 0 Å². The number of hydrogen-bond acceptors (Lipinski definition) is 1. The third-order valence-corrected chi connectivity index (χ3v) is 10.2. The van der Waals surface area contributed by atoms with Crippen molar-refractivity contribution in [2.75, 3.05) is 0 Å². The molecule has 0 bridgehead atoms. The van der Waals surface area contributed by atoms with E-state index < -0.39 is 5.41 Å². The van der Waals surface area contributed by atoms with Crippen LogP contribution in [0.2, 0.25) is 0 Å². The fourth-order valence-electron chi connectivity index (χ4n) is 8.18. The number of aromatic nitrogens is 2. The van der Waals surface area contributed by atoms with Crippen molar-refractivity contribution in [3.05, 3.63) is 204 Å². The first-order chi connectivity index (χ1) is 23.8. The Labute approximate surface area is 279 Å². The van der Waals surface area contributed by atoms with Crippen molar-refractivity contribution in [3.63, 3.8) is 0 Å². The van der Waals surface area contributed by atoms with E-state index in [1.54, 1.807) is 0 Å². The monoisotopic (exact) mass is 610 g/mol. The molecule has 3 heterocycles. The molecule has 0 fully saturated rings. The number of rotatable bonds is 4. The Hall–Kier alpha value is -6.25. The van der Waals surface area contributed by atoms with Crippen molar-refractivity contribution in [1.29, 1.82) is 0 Å². The van der Waals surface area contributed by atoms with Crippen LogP contribution in [0.1, 0.15) is 22.3 Å². The first-order valence-corrected chi connectivity index (χ1v) is 16.6. The van der Waals surface area contributed by atoms with Crippen LogP contribution >= 0.6 is 0 Å². The van der Waals surface area contributed by atoms with Gasteiger partial charge in [0.15, 0.2) is 0 Å². The normalized spacial score (nSPS) is 13.2. The standard InChI is InChI=1S/C46H30N2/c1-3-16-35(17-4-1)46(36-18-5-2-6-19-36)39-21-8-10-24-44(39)48-43-28-26-33(30-38(43)37-20-12-22-40(46)45(37)48)32-14-11-15-34(29-32)42-27-25-31-13-7-9-23-41(31)47-42/h1-30H. The molecule has 0 unspecified atom stereocenters. The molecule has 2 nitrogen and oxygen atoms in total. The zero-order valence-corrected chi connectivity index (χ0v) is 26.2. The summed E-state index contributed by atoms with van der Waals surface area (Å²) in [4.78, 5) is 4.98. The second-order valence-corrected chi connectivity index (χ2v) is 12.7. The lowest BCUT2D eigenvalue weighted by molar-refractivity contribution is 0.728. The third-order valence-electron chi connectivity index (χ3n) is 10.2. The van der Waals surface area contributed by atoms with Gasteiger partial charge < -0.3 is 4.57 Å². The van der Waals surface area contributed by atoms with E-state index in [1.165, 1.54) is 60.9 Å². The van der Waals surface area contributed by atoms with Gasteiger partial charge in [-0.1, -0.05) is 146 Å². The molecule has 0 spiro atoms. The summed E-state index contributed by atoms with van der Waals surface area (Å²) in [5.41, 5.74) is 13.9. The van der Waals surface area contributed by atoms with Gasteiger partial charge in [0, 0.05) is 21.7 Å². The van der Waals surface area contributed by atoms with E-state index in [0.29, 0.717) is 0 Å². The molecule has 1 aliphatic heterocycles. The van der Waals surface area contributed by atoms with Gasteiger partial charge in [-0.2, -0.15) is 0 Å². The number of pyridine rings is 1. The molecule has 9 aromatic rings. The minimum absolute atomic E-state index is 0.465. The number of benzene rings is 7. The Kier molecular flexibility index (Phi) is 5.82. The predicted molar refractivity (Wildman–Crippen MR) is 199 cm³/mol. The summed E-state index contributed by atoms with van der Waals surface area (Å²) in [7, 11) is 0. The van der Waals surface area contributed by atoms with Gasteiger partial charge in [0.05, 0.1) is 33.3 Å². The van der Waals surface area contributed by atoms with Crippen molar-refractivity contribution in [3.8, 4) is 28.1 Å². The van der Waals surface area contributed by atoms with E-state index >= 15 is 0 Å². The minimum Gasteiger partial charge on any atom is -0.309 e. The van der Waals surface area contributed by atoms with E-state index in [1.807, 2.05) is 6.07 Å². The van der Waals surface area contributed by atoms with Crippen LogP contribution in [0.15, 0.2) is 182 Å². The summed E-state index contributed by atoms with van der Waals surface area (Å²) in [5.74, 6) is 0. The number of nitrogens with zero attached hydrogens (tertiary/aromatic N) is 2. The van der Waals surface area contributed by atoms with E-state index in [-0.39, 0.29) is 0 Å². The van der Waals surface area contributed by atoms with Gasteiger partial charge in [-0.05, 0) is 69.8 Å². The van der Waals surface area contributed by atoms with Crippen LogP contribution in [0.5, 0.6) is 0 Å². The van der Waals surface area contributed by atoms with Crippen molar-refractivity contribution in [1.82, 2.24) is 9.55 Å². The zero-order valence-electron chi connectivity index (χ0n) is 26.2. The van der Waals surface area contributed by atoms with Gasteiger partial charge >= 0.3 is 0 Å². The SMILES string of the molecule is c1ccc(C2(c3ccccc3)c3ccccc3-n3c4ccc(-c5cccc(-c6ccc7ccccc7n6)c5)cc4c4cccc2c43)cc1. The molecule has 0 amide bonds. The minimum atomic E-state index is -0.465. The van der Waals surface area contributed by atoms with Crippen molar-refractivity contribution >= 4 is 32.7 Å². The summed E-state index contributed by atoms with van der Waals surface area (Å²) < 4.78 is 2.50. The molecule has 0 saturated carbocycles. The summed E-state index contributed by atoms with van der Waals surface area (Å²) >= 11 is 0. The smallest absolute Gasteiger partial charge is 0.0742 e. The molecular formula is C46H30N2. The first kappa shape index (κ1) is 26.9. The maximum Gasteiger partial charge on any atom is 0.0742 e. The fraction of sp³-hybridized carbons (Fsp3) is 0.0217. The summed E-state index contributed by atoms with van der Waals surface area (Å²) in [6, 6.07) is 66.2. The van der Waals surface area contributed by atoms with Crippen molar-refractivity contribution in [2.45, 2.75) is 5.41 Å². The Morgan fingerprint density at radius 2 is 1.10 bits per heavy atom. The summed E-state index contributed by atoms with van der Waals surface area (Å²) in [6.07, 6.45) is 0. The van der Waals surface area contributed by atoms with Gasteiger partial charge in [-0.15, -0.1) is 0 Å². The molecule has 7 aromatic carbocycles. The molecule has 48 heavy (non-hydrogen) atoms. The Bertz CT molecular complexity index is 2630. The van der Waals surface area contributed by atoms with Crippen LogP contribution in [0.3, 0.4) is 0 Å². The maximum absolute atomic E-state index is 4.98. The maximum atomic E-state index is 4.98. The number of fused-ring (bicyclic) bond motifs is 6. The lowest BCUT2D eigenvalue weighted by Gasteiger charge is -2.41. The fourth-order valence-corrected chi connectivity index (χ4v) is 8.18. The largest absolute Gasteiger partial charge is 0.309 e. The van der Waals surface area contributed by atoms with E-state index in [2.05, 4.69) is 180 Å². The first-order valence-electron chi connectivity index (χ1n) is 16.6. The third kappa shape index (κ3) is 3.77. The van der Waals surface area contributed by atoms with Crippen LogP contribution in [0.25, 0.3) is 60.8 Å². The highest BCUT2D eigenvalue weighted by Gasteiger charge is 2.45. The highest BCUT2D eigenvalue weighted by molar-refractivity contribution is 6.13. The van der Waals surface area contributed by atoms with Crippen LogP contribution in [0, 0.1) is 0 Å². The van der Waals surface area contributed by atoms with Crippen LogP contribution < -0.4 is 0 Å². The highest BCUT2D eigenvalue weighted by atomic mass is 15.0. The Morgan fingerprint density at radius 3 is 1.94 bits per heavy atom. The summed E-state index contributed by atoms with van der Waals surface area (Å²) in [5, 5.41) is 3.67. The van der Waals surface area contributed by atoms with Crippen LogP contribution in [-0.4, -0.2) is 9.55 Å². The Balaban J connectivity index is 1.22. The second-order valence-electron chi connectivity index (χ2n) is 12.7. The van der Waals surface area contributed by atoms with Gasteiger partial charge in [0.1, 0.15) is 0 Å². The molecule has 0 radical (unpaired) electrons. The molecule has 0 atom stereocenters. The molecule has 0 saturated heterocycles. The molecule has 2 aromatic heterocycles. The zero-order chi connectivity index (χ0) is 31.7. The molecule has 1 aliphatic rings. The quantitative estimate of drug-likeness (QED) is 0.194. The molecule has 2 heteroatoms. The van der Waals surface area contributed by atoms with Crippen LogP contribution in [0.4, 0.5) is 0 Å². The highest BCUT2D eigenvalue weighted by Crippen LogP contribution is 2.54. The number of para-hydroxylation sites is 3. The Morgan fingerprint density at radius 1 is 0.438 bits per heavy atom. The predicted octanol–water partition coefficient (Wildman–Crippen LogP) is 11.4. The van der Waals surface area contributed by atoms with Gasteiger partial charge in [-0.25, -0.2) is 4.98 Å². The average molecular weight is 611 g/mol. The van der Waals surface area contributed by atoms with E-state index in [0.717, 1.165) is 22.2 Å². The van der Waals surface area contributed by atoms with Crippen molar-refractivity contribution < 1.29 is 0 Å². The molecular weight excluding hydrogens is 581 g/mol. The lowest BCUT2D eigenvalue weighted by Crippen LogP contribution is -2.35. The average Bonchev–Trinajstić information content (AvgIpc) is 3.50. The van der Waals surface area contributed by atoms with E-state index in [4.69, 9.17) is 4.98 Å². The molecule has 224 valence electrons. The summed E-state index contributed by atoms with van der Waals surface area (Å²) in [6.45, 7) is 0. The molecule has 10 rings (SSSR count). The number of hydrogen-bond donors (Lipinski definition) is 0. The van der Waals surface area contributed by atoms with Crippen LogP contribution in [-0.2, 0) is 5.41 Å².